The van der Waals surface area contributed by atoms with Gasteiger partial charge in [-0.2, -0.15) is 5.10 Å². The minimum absolute atomic E-state index is 0.245. The molecule has 2 aliphatic rings. The van der Waals surface area contributed by atoms with E-state index in [1.54, 1.807) is 56.8 Å². The first-order chi connectivity index (χ1) is 17.9. The average molecular weight is 505 g/mol. The molecule has 1 fully saturated rings. The number of nitrogen functional groups attached to an aromatic ring is 1. The maximum atomic E-state index is 10.9. The number of nitrogens with two attached hydrogens (primary N) is 1. The van der Waals surface area contributed by atoms with Crippen molar-refractivity contribution < 1.29 is 14.6 Å². The zero-order chi connectivity index (χ0) is 26.1. The quantitative estimate of drug-likeness (QED) is 0.462. The third-order valence-electron chi connectivity index (χ3n) is 6.76. The number of nitrogens with zero attached hydrogens (tertiary/aromatic N) is 6. The first kappa shape index (κ1) is 24.7. The molecule has 3 aromatic rings. The number of methoxy groups -OCH3 is 2. The van der Waals surface area contributed by atoms with Gasteiger partial charge in [0.15, 0.2) is 12.0 Å². The Morgan fingerprint density at radius 1 is 1.11 bits per heavy atom. The smallest absolute Gasteiger partial charge is 0.170 e. The Kier molecular flexibility index (Phi) is 6.81. The van der Waals surface area contributed by atoms with Gasteiger partial charge in [-0.25, -0.2) is 15.0 Å². The van der Waals surface area contributed by atoms with Crippen molar-refractivity contribution in [2.45, 2.75) is 32.0 Å². The first-order valence-corrected chi connectivity index (χ1v) is 12.2. The topological polar surface area (TPSA) is 136 Å². The second kappa shape index (κ2) is 10.2. The number of rotatable bonds is 6. The zero-order valence-corrected chi connectivity index (χ0v) is 21.5. The minimum atomic E-state index is -0.983. The van der Waals surface area contributed by atoms with Crippen molar-refractivity contribution in [3.8, 4) is 22.8 Å². The van der Waals surface area contributed by atoms with Crippen molar-refractivity contribution in [1.29, 1.82) is 0 Å². The summed E-state index contributed by atoms with van der Waals surface area (Å²) < 4.78 is 12.8. The predicted octanol–water partition coefficient (Wildman–Crippen LogP) is 2.22. The molecule has 11 nitrogen and oxygen atoms in total. The Balaban J connectivity index is 1.54. The number of benzene rings is 1. The van der Waals surface area contributed by atoms with E-state index in [4.69, 9.17) is 30.3 Å². The van der Waals surface area contributed by atoms with Crippen LogP contribution in [0.25, 0.3) is 17.0 Å². The summed E-state index contributed by atoms with van der Waals surface area (Å²) in [4.78, 5) is 15.7. The van der Waals surface area contributed by atoms with Crippen LogP contribution in [0.5, 0.6) is 11.5 Å². The number of aryl methyl sites for hydroxylation is 1. The Labute approximate surface area is 215 Å². The van der Waals surface area contributed by atoms with Gasteiger partial charge in [0.2, 0.25) is 0 Å². The fourth-order valence-corrected chi connectivity index (χ4v) is 4.66. The van der Waals surface area contributed by atoms with E-state index in [2.05, 4.69) is 10.3 Å². The molecule has 0 aliphatic carbocycles. The van der Waals surface area contributed by atoms with Gasteiger partial charge in [-0.15, -0.1) is 0 Å². The van der Waals surface area contributed by atoms with Gasteiger partial charge >= 0.3 is 0 Å². The second-order valence-electron chi connectivity index (χ2n) is 9.23. The van der Waals surface area contributed by atoms with Crippen molar-refractivity contribution in [2.24, 2.45) is 4.99 Å². The summed E-state index contributed by atoms with van der Waals surface area (Å²) in [5.41, 5.74) is 10.7. The van der Waals surface area contributed by atoms with Gasteiger partial charge in [-0.1, -0.05) is 0 Å². The number of aromatic nitrogens is 4. The van der Waals surface area contributed by atoms with E-state index in [1.807, 2.05) is 17.8 Å². The molecule has 5 rings (SSSR count). The fourth-order valence-electron chi connectivity index (χ4n) is 4.66. The summed E-state index contributed by atoms with van der Waals surface area (Å²) in [6.07, 6.45) is 6.50. The third kappa shape index (κ3) is 4.87. The molecule has 2 aromatic heterocycles. The van der Waals surface area contributed by atoms with E-state index < -0.39 is 6.23 Å². The van der Waals surface area contributed by atoms with Crippen LogP contribution in [0.4, 0.5) is 5.82 Å². The maximum Gasteiger partial charge on any atom is 0.170 e. The Hall–Kier alpha value is -3.96. The van der Waals surface area contributed by atoms with E-state index in [1.165, 1.54) is 0 Å². The molecule has 194 valence electrons. The summed E-state index contributed by atoms with van der Waals surface area (Å²) in [5.74, 6) is 1.42. The monoisotopic (exact) mass is 504 g/mol. The van der Waals surface area contributed by atoms with Crippen LogP contribution in [0.15, 0.2) is 41.8 Å². The molecule has 4 N–H and O–H groups in total. The Morgan fingerprint density at radius 2 is 1.81 bits per heavy atom. The van der Waals surface area contributed by atoms with Crippen LogP contribution in [-0.4, -0.2) is 76.1 Å². The van der Waals surface area contributed by atoms with E-state index >= 15 is 0 Å². The molecule has 0 saturated carbocycles. The molecule has 1 unspecified atom stereocenters. The number of anilines is 1. The molecule has 1 atom stereocenters. The lowest BCUT2D eigenvalue weighted by Crippen LogP contribution is -2.38. The van der Waals surface area contributed by atoms with Crippen LogP contribution >= 0.6 is 0 Å². The van der Waals surface area contributed by atoms with Crippen molar-refractivity contribution in [3.63, 3.8) is 0 Å². The van der Waals surface area contributed by atoms with Crippen molar-refractivity contribution in [1.82, 2.24) is 30.0 Å². The summed E-state index contributed by atoms with van der Waals surface area (Å²) in [6.45, 7) is 3.94. The highest BCUT2D eigenvalue weighted by Gasteiger charge is 2.27. The SMILES string of the molecule is COc1cc(OC)cc(C2=NC(c3nc(-c4cn(C5CCNCC5)nc4C)cnc3N)=CN(C)C2O)c1. The third-order valence-corrected chi connectivity index (χ3v) is 6.76. The van der Waals surface area contributed by atoms with Crippen LogP contribution < -0.4 is 20.5 Å². The van der Waals surface area contributed by atoms with E-state index in [0.717, 1.165) is 37.2 Å². The molecule has 0 radical (unpaired) electrons. The summed E-state index contributed by atoms with van der Waals surface area (Å²) in [5, 5.41) is 19.1. The van der Waals surface area contributed by atoms with E-state index in [-0.39, 0.29) is 5.82 Å². The number of likely N-dealkylation sites (N-methyl/N-ethyl adjacent to an activating group) is 1. The van der Waals surface area contributed by atoms with Crippen molar-refractivity contribution in [3.05, 3.63) is 53.7 Å². The largest absolute Gasteiger partial charge is 0.497 e. The summed E-state index contributed by atoms with van der Waals surface area (Å²) >= 11 is 0. The minimum Gasteiger partial charge on any atom is -0.497 e. The van der Waals surface area contributed by atoms with Crippen LogP contribution in [0.2, 0.25) is 0 Å². The van der Waals surface area contributed by atoms with Gasteiger partial charge in [0, 0.05) is 36.6 Å². The molecule has 0 amide bonds. The van der Waals surface area contributed by atoms with Gasteiger partial charge in [-0.3, -0.25) is 4.68 Å². The predicted molar refractivity (Wildman–Crippen MR) is 141 cm³/mol. The molecule has 4 heterocycles. The van der Waals surface area contributed by atoms with Crippen LogP contribution in [-0.2, 0) is 0 Å². The van der Waals surface area contributed by atoms with Gasteiger partial charge in [0.05, 0.1) is 43.6 Å². The van der Waals surface area contributed by atoms with Crippen LogP contribution in [0.3, 0.4) is 0 Å². The molecule has 37 heavy (non-hydrogen) atoms. The molecular weight excluding hydrogens is 472 g/mol. The van der Waals surface area contributed by atoms with Crippen molar-refractivity contribution >= 4 is 17.2 Å². The van der Waals surface area contributed by atoms with Crippen molar-refractivity contribution in [2.75, 3.05) is 40.1 Å². The summed E-state index contributed by atoms with van der Waals surface area (Å²) in [6, 6.07) is 5.72. The van der Waals surface area contributed by atoms with Gasteiger partial charge in [0.1, 0.15) is 22.9 Å². The average Bonchev–Trinajstić information content (AvgIpc) is 3.32. The maximum absolute atomic E-state index is 10.9. The Bertz CT molecular complexity index is 1340. The lowest BCUT2D eigenvalue weighted by atomic mass is 10.1. The van der Waals surface area contributed by atoms with Gasteiger partial charge in [0.25, 0.3) is 0 Å². The lowest BCUT2D eigenvalue weighted by Gasteiger charge is -2.28. The van der Waals surface area contributed by atoms with E-state index in [9.17, 15) is 5.11 Å². The molecule has 11 heteroatoms. The number of hydrogen-bond donors (Lipinski definition) is 3. The van der Waals surface area contributed by atoms with Crippen LogP contribution in [0, 0.1) is 6.92 Å². The molecule has 0 spiro atoms. The molecule has 0 bridgehead atoms. The second-order valence-corrected chi connectivity index (χ2v) is 9.23. The summed E-state index contributed by atoms with van der Waals surface area (Å²) in [7, 11) is 4.91. The lowest BCUT2D eigenvalue weighted by molar-refractivity contribution is 0.116. The molecule has 1 saturated heterocycles. The molecule has 2 aliphatic heterocycles. The highest BCUT2D eigenvalue weighted by molar-refractivity contribution is 6.07. The zero-order valence-electron chi connectivity index (χ0n) is 21.5. The highest BCUT2D eigenvalue weighted by atomic mass is 16.5. The number of aliphatic hydroxyl groups excluding tert-OH is 1. The molecular formula is C26H32N8O3. The number of aliphatic imine (C=N–C) groups is 1. The standard InChI is InChI=1S/C26H32N8O3/c1-15-20(13-34(32-15)17-5-7-28-8-6-17)21-12-29-25(27)24(30-21)22-14-33(2)26(35)23(31-22)16-9-18(36-3)11-19(10-16)37-4/h9-14,17,26,28,35H,5-8H2,1-4H3,(H2,27,29). The fraction of sp³-hybridized carbons (Fsp3) is 0.385. The van der Waals surface area contributed by atoms with Gasteiger partial charge in [-0.05, 0) is 45.0 Å². The first-order valence-electron chi connectivity index (χ1n) is 12.2. The van der Waals surface area contributed by atoms with Crippen LogP contribution in [0.1, 0.15) is 35.8 Å². The number of piperidine rings is 1. The highest BCUT2D eigenvalue weighted by Crippen LogP contribution is 2.31. The number of ether oxygens (including phenoxy) is 2. The number of nitrogens with one attached hydrogen (secondary N) is 1. The van der Waals surface area contributed by atoms with E-state index in [0.29, 0.717) is 45.9 Å². The number of aliphatic hydroxyl groups is 1. The number of hydrogen-bond acceptors (Lipinski definition) is 10. The normalized spacial score (nSPS) is 18.4. The van der Waals surface area contributed by atoms with Gasteiger partial charge < -0.3 is 30.5 Å². The molecule has 1 aromatic carbocycles. The Morgan fingerprint density at radius 3 is 2.49 bits per heavy atom.